The quantitative estimate of drug-likeness (QED) is 0.232. The molecule has 4 N–H and O–H groups in total. The molecule has 17 heavy (non-hydrogen) atoms. The van der Waals surface area contributed by atoms with Crippen molar-refractivity contribution in [3.63, 3.8) is 0 Å². The molecule has 1 aliphatic rings. The Balaban J connectivity index is 2.33. The minimum absolute atomic E-state index is 0.548. The molecule has 4 heteroatoms. The molecule has 0 radical (unpaired) electrons. The molecular formula is C13H28N4. The Kier molecular flexibility index (Phi) is 7.80. The van der Waals surface area contributed by atoms with Crippen LogP contribution in [0.5, 0.6) is 0 Å². The van der Waals surface area contributed by atoms with E-state index in [4.69, 9.17) is 5.84 Å². The maximum atomic E-state index is 5.50. The van der Waals surface area contributed by atoms with E-state index in [1.807, 2.05) is 0 Å². The summed E-state index contributed by atoms with van der Waals surface area (Å²) in [4.78, 5) is 4.45. The first-order chi connectivity index (χ1) is 8.36. The van der Waals surface area contributed by atoms with E-state index >= 15 is 0 Å². The number of nitrogens with zero attached hydrogens (tertiary/aromatic N) is 1. The van der Waals surface area contributed by atoms with Gasteiger partial charge >= 0.3 is 0 Å². The van der Waals surface area contributed by atoms with Crippen LogP contribution >= 0.6 is 0 Å². The van der Waals surface area contributed by atoms with E-state index in [-0.39, 0.29) is 0 Å². The lowest BCUT2D eigenvalue weighted by molar-refractivity contribution is 0.425. The van der Waals surface area contributed by atoms with Crippen LogP contribution in [0.3, 0.4) is 0 Å². The van der Waals surface area contributed by atoms with Crippen molar-refractivity contribution in [3.8, 4) is 0 Å². The lowest BCUT2D eigenvalue weighted by Crippen LogP contribution is -2.46. The van der Waals surface area contributed by atoms with Gasteiger partial charge in [-0.3, -0.25) is 10.4 Å². The number of unbranched alkanes of at least 4 members (excludes halogenated alkanes) is 1. The van der Waals surface area contributed by atoms with E-state index in [9.17, 15) is 0 Å². The highest BCUT2D eigenvalue weighted by molar-refractivity contribution is 5.79. The summed E-state index contributed by atoms with van der Waals surface area (Å²) >= 11 is 0. The molecule has 0 spiro atoms. The molecule has 100 valence electrons. The molecule has 1 fully saturated rings. The van der Waals surface area contributed by atoms with Crippen LogP contribution in [0.1, 0.15) is 64.7 Å². The second-order valence-electron chi connectivity index (χ2n) is 4.91. The van der Waals surface area contributed by atoms with E-state index in [1.54, 1.807) is 0 Å². The minimum atomic E-state index is 0.548. The molecule has 0 aromatic heterocycles. The molecule has 0 aromatic carbocycles. The van der Waals surface area contributed by atoms with Crippen molar-refractivity contribution in [3.05, 3.63) is 0 Å². The SMILES string of the molecule is CCCCN=C(NN)NC1CCCCCCC1. The summed E-state index contributed by atoms with van der Waals surface area (Å²) < 4.78 is 0. The van der Waals surface area contributed by atoms with E-state index in [0.29, 0.717) is 6.04 Å². The molecule has 1 saturated carbocycles. The van der Waals surface area contributed by atoms with Crippen LogP contribution in [0.15, 0.2) is 4.99 Å². The third kappa shape index (κ3) is 6.51. The van der Waals surface area contributed by atoms with Crippen LogP contribution in [0, 0.1) is 0 Å². The smallest absolute Gasteiger partial charge is 0.205 e. The van der Waals surface area contributed by atoms with Gasteiger partial charge in [0, 0.05) is 12.6 Å². The van der Waals surface area contributed by atoms with Crippen molar-refractivity contribution in [2.45, 2.75) is 70.8 Å². The predicted octanol–water partition coefficient (Wildman–Crippen LogP) is 2.31. The lowest BCUT2D eigenvalue weighted by Gasteiger charge is -2.22. The normalized spacial score (nSPS) is 19.5. The van der Waals surface area contributed by atoms with Crippen LogP contribution in [0.25, 0.3) is 0 Å². The molecular weight excluding hydrogens is 212 g/mol. The molecule has 0 heterocycles. The average Bonchev–Trinajstić information content (AvgIpc) is 2.30. The predicted molar refractivity (Wildman–Crippen MR) is 73.8 cm³/mol. The molecule has 4 nitrogen and oxygen atoms in total. The van der Waals surface area contributed by atoms with Crippen LogP contribution in [-0.2, 0) is 0 Å². The fourth-order valence-electron chi connectivity index (χ4n) is 2.28. The summed E-state index contributed by atoms with van der Waals surface area (Å²) in [5, 5.41) is 3.45. The Morgan fingerprint density at radius 2 is 1.82 bits per heavy atom. The van der Waals surface area contributed by atoms with Gasteiger partial charge in [-0.25, -0.2) is 5.84 Å². The second-order valence-corrected chi connectivity index (χ2v) is 4.91. The van der Waals surface area contributed by atoms with Gasteiger partial charge in [0.15, 0.2) is 0 Å². The third-order valence-electron chi connectivity index (χ3n) is 3.36. The van der Waals surface area contributed by atoms with Gasteiger partial charge in [0.05, 0.1) is 0 Å². The van der Waals surface area contributed by atoms with Crippen molar-refractivity contribution in [2.24, 2.45) is 10.8 Å². The zero-order valence-corrected chi connectivity index (χ0v) is 11.2. The largest absolute Gasteiger partial charge is 0.353 e. The Morgan fingerprint density at radius 1 is 1.18 bits per heavy atom. The van der Waals surface area contributed by atoms with Crippen LogP contribution < -0.4 is 16.6 Å². The van der Waals surface area contributed by atoms with Crippen molar-refractivity contribution in [1.29, 1.82) is 0 Å². The number of rotatable bonds is 4. The molecule has 0 amide bonds. The summed E-state index contributed by atoms with van der Waals surface area (Å²) in [7, 11) is 0. The second kappa shape index (κ2) is 9.28. The van der Waals surface area contributed by atoms with E-state index < -0.39 is 0 Å². The number of hydrogen-bond acceptors (Lipinski definition) is 2. The van der Waals surface area contributed by atoms with Gasteiger partial charge in [0.2, 0.25) is 5.96 Å². The molecule has 0 saturated heterocycles. The fourth-order valence-corrected chi connectivity index (χ4v) is 2.28. The fraction of sp³-hybridized carbons (Fsp3) is 0.923. The maximum absolute atomic E-state index is 5.50. The number of aliphatic imine (C=N–C) groups is 1. The van der Waals surface area contributed by atoms with E-state index in [2.05, 4.69) is 22.7 Å². The highest BCUT2D eigenvalue weighted by atomic mass is 15.3. The molecule has 0 unspecified atom stereocenters. The Morgan fingerprint density at radius 3 is 2.41 bits per heavy atom. The van der Waals surface area contributed by atoms with Gasteiger partial charge < -0.3 is 5.32 Å². The van der Waals surface area contributed by atoms with Gasteiger partial charge in [-0.1, -0.05) is 45.4 Å². The van der Waals surface area contributed by atoms with Gasteiger partial charge in [-0.2, -0.15) is 0 Å². The summed E-state index contributed by atoms with van der Waals surface area (Å²) in [5.41, 5.74) is 2.68. The standard InChI is InChI=1S/C13H28N4/c1-2-3-11-15-13(17-14)16-12-9-7-5-4-6-8-10-12/h12H,2-11,14H2,1H3,(H2,15,16,17). The van der Waals surface area contributed by atoms with Gasteiger partial charge in [-0.05, 0) is 19.3 Å². The number of guanidine groups is 1. The first kappa shape index (κ1) is 14.3. The highest BCUT2D eigenvalue weighted by Gasteiger charge is 2.12. The maximum Gasteiger partial charge on any atom is 0.205 e. The van der Waals surface area contributed by atoms with Gasteiger partial charge in [0.1, 0.15) is 0 Å². The molecule has 1 aliphatic carbocycles. The summed E-state index contributed by atoms with van der Waals surface area (Å²) in [6.07, 6.45) is 11.6. The molecule has 1 rings (SSSR count). The van der Waals surface area contributed by atoms with E-state index in [1.165, 1.54) is 51.4 Å². The van der Waals surface area contributed by atoms with Crippen molar-refractivity contribution < 1.29 is 0 Å². The van der Waals surface area contributed by atoms with Gasteiger partial charge in [0.25, 0.3) is 0 Å². The summed E-state index contributed by atoms with van der Waals surface area (Å²) in [6, 6.07) is 0.548. The Hall–Kier alpha value is -0.770. The zero-order chi connectivity index (χ0) is 12.3. The van der Waals surface area contributed by atoms with Crippen LogP contribution in [0.2, 0.25) is 0 Å². The highest BCUT2D eigenvalue weighted by Crippen LogP contribution is 2.16. The number of hydrogen-bond donors (Lipinski definition) is 3. The molecule has 0 bridgehead atoms. The first-order valence-electron chi connectivity index (χ1n) is 7.14. The number of hydrazine groups is 1. The lowest BCUT2D eigenvalue weighted by atomic mass is 9.97. The monoisotopic (exact) mass is 240 g/mol. The van der Waals surface area contributed by atoms with Crippen molar-refractivity contribution in [1.82, 2.24) is 10.7 Å². The first-order valence-corrected chi connectivity index (χ1v) is 7.14. The molecule has 0 aliphatic heterocycles. The Bertz CT molecular complexity index is 207. The number of nitrogens with one attached hydrogen (secondary N) is 2. The summed E-state index contributed by atoms with van der Waals surface area (Å²) in [5.74, 6) is 6.27. The summed E-state index contributed by atoms with van der Waals surface area (Å²) in [6.45, 7) is 3.03. The zero-order valence-electron chi connectivity index (χ0n) is 11.2. The number of nitrogens with two attached hydrogens (primary N) is 1. The van der Waals surface area contributed by atoms with Crippen LogP contribution in [0.4, 0.5) is 0 Å². The average molecular weight is 240 g/mol. The van der Waals surface area contributed by atoms with E-state index in [0.717, 1.165) is 18.9 Å². The minimum Gasteiger partial charge on any atom is -0.353 e. The Labute approximate surface area is 105 Å². The molecule has 0 aromatic rings. The van der Waals surface area contributed by atoms with Crippen molar-refractivity contribution >= 4 is 5.96 Å². The van der Waals surface area contributed by atoms with Crippen molar-refractivity contribution in [2.75, 3.05) is 6.54 Å². The topological polar surface area (TPSA) is 62.4 Å². The molecule has 0 atom stereocenters. The van der Waals surface area contributed by atoms with Crippen LogP contribution in [-0.4, -0.2) is 18.5 Å². The van der Waals surface area contributed by atoms with Gasteiger partial charge in [-0.15, -0.1) is 0 Å². The third-order valence-corrected chi connectivity index (χ3v) is 3.36.